The third kappa shape index (κ3) is 3.45. The largest absolute Gasteiger partial charge is 0.369 e. The number of pyridine rings is 1. The maximum absolute atomic E-state index is 11.1. The standard InChI is InChI=1S/C13H15N5O3/c14-7-10-11(18(20)21)5-6-12(17-10)16-9-3-1-8(2-4-9)13(15)19/h5-6,8-9H,1-4H2,(H2,15,19)(H,16,17). The third-order valence-corrected chi connectivity index (χ3v) is 3.66. The first-order valence-corrected chi connectivity index (χ1v) is 6.62. The summed E-state index contributed by atoms with van der Waals surface area (Å²) in [6, 6.07) is 4.60. The first-order valence-electron chi connectivity index (χ1n) is 6.62. The van der Waals surface area contributed by atoms with Gasteiger partial charge in [0.1, 0.15) is 11.9 Å². The number of hydrogen-bond acceptors (Lipinski definition) is 6. The smallest absolute Gasteiger partial charge is 0.305 e. The van der Waals surface area contributed by atoms with Crippen molar-refractivity contribution >= 4 is 17.4 Å². The van der Waals surface area contributed by atoms with Gasteiger partial charge in [-0.1, -0.05) is 0 Å². The molecule has 8 nitrogen and oxygen atoms in total. The number of hydrogen-bond donors (Lipinski definition) is 2. The fourth-order valence-corrected chi connectivity index (χ4v) is 2.49. The Kier molecular flexibility index (Phi) is 4.33. The molecule has 0 bridgehead atoms. The molecule has 0 atom stereocenters. The number of nitrogens with one attached hydrogen (secondary N) is 1. The molecule has 1 aromatic heterocycles. The maximum Gasteiger partial charge on any atom is 0.305 e. The maximum atomic E-state index is 11.1. The number of aromatic nitrogens is 1. The van der Waals surface area contributed by atoms with Crippen LogP contribution in [0.4, 0.5) is 11.5 Å². The first-order chi connectivity index (χ1) is 10.0. The minimum atomic E-state index is -0.632. The topological polar surface area (TPSA) is 135 Å². The van der Waals surface area contributed by atoms with Gasteiger partial charge in [-0.3, -0.25) is 14.9 Å². The Balaban J connectivity index is 2.03. The number of nitro groups is 1. The van der Waals surface area contributed by atoms with Gasteiger partial charge < -0.3 is 11.1 Å². The molecular weight excluding hydrogens is 274 g/mol. The lowest BCUT2D eigenvalue weighted by atomic mass is 9.85. The molecule has 0 aromatic carbocycles. The van der Waals surface area contributed by atoms with Crippen molar-refractivity contribution in [3.05, 3.63) is 27.9 Å². The van der Waals surface area contributed by atoms with Crippen LogP contribution in [0.3, 0.4) is 0 Å². The van der Waals surface area contributed by atoms with Crippen LogP contribution >= 0.6 is 0 Å². The van der Waals surface area contributed by atoms with Gasteiger partial charge in [0.05, 0.1) is 4.92 Å². The zero-order valence-electron chi connectivity index (χ0n) is 11.3. The van der Waals surface area contributed by atoms with Gasteiger partial charge in [-0.25, -0.2) is 4.98 Å². The highest BCUT2D eigenvalue weighted by atomic mass is 16.6. The van der Waals surface area contributed by atoms with Crippen molar-refractivity contribution in [2.75, 3.05) is 5.32 Å². The highest BCUT2D eigenvalue weighted by Crippen LogP contribution is 2.26. The fraction of sp³-hybridized carbons (Fsp3) is 0.462. The van der Waals surface area contributed by atoms with Crippen molar-refractivity contribution in [1.29, 1.82) is 5.26 Å². The second-order valence-electron chi connectivity index (χ2n) is 5.03. The van der Waals surface area contributed by atoms with E-state index in [1.807, 2.05) is 0 Å². The van der Waals surface area contributed by atoms with E-state index in [9.17, 15) is 14.9 Å². The van der Waals surface area contributed by atoms with Gasteiger partial charge in [0, 0.05) is 18.0 Å². The second-order valence-corrected chi connectivity index (χ2v) is 5.03. The predicted octanol–water partition coefficient (Wildman–Crippen LogP) is 1.32. The summed E-state index contributed by atoms with van der Waals surface area (Å²) in [6.45, 7) is 0. The summed E-state index contributed by atoms with van der Waals surface area (Å²) < 4.78 is 0. The van der Waals surface area contributed by atoms with Gasteiger partial charge in [0.2, 0.25) is 11.6 Å². The Bertz CT molecular complexity index is 602. The summed E-state index contributed by atoms with van der Waals surface area (Å²) in [7, 11) is 0. The van der Waals surface area contributed by atoms with Crippen LogP contribution in [0.15, 0.2) is 12.1 Å². The van der Waals surface area contributed by atoms with Gasteiger partial charge in [0.25, 0.3) is 0 Å². The summed E-state index contributed by atoms with van der Waals surface area (Å²) in [5, 5.41) is 22.8. The summed E-state index contributed by atoms with van der Waals surface area (Å²) in [5.41, 5.74) is 4.76. The molecular formula is C13H15N5O3. The van der Waals surface area contributed by atoms with E-state index in [-0.39, 0.29) is 29.2 Å². The third-order valence-electron chi connectivity index (χ3n) is 3.66. The molecule has 1 saturated carbocycles. The summed E-state index contributed by atoms with van der Waals surface area (Å²) in [6.07, 6.45) is 2.97. The molecule has 0 unspecified atom stereocenters. The van der Waals surface area contributed by atoms with Crippen LogP contribution in [0.1, 0.15) is 31.4 Å². The second kappa shape index (κ2) is 6.17. The number of nitrogens with two attached hydrogens (primary N) is 1. The van der Waals surface area contributed by atoms with E-state index in [1.165, 1.54) is 12.1 Å². The van der Waals surface area contributed by atoms with Crippen molar-refractivity contribution in [2.24, 2.45) is 11.7 Å². The molecule has 0 saturated heterocycles. The van der Waals surface area contributed by atoms with Gasteiger partial charge in [-0.15, -0.1) is 0 Å². The van der Waals surface area contributed by atoms with E-state index < -0.39 is 4.92 Å². The van der Waals surface area contributed by atoms with Gasteiger partial charge >= 0.3 is 5.69 Å². The molecule has 0 spiro atoms. The van der Waals surface area contributed by atoms with E-state index in [1.54, 1.807) is 6.07 Å². The normalized spacial score (nSPS) is 21.3. The van der Waals surface area contributed by atoms with Crippen LogP contribution in [0.5, 0.6) is 0 Å². The number of carbonyl (C=O) groups is 1. The molecule has 1 fully saturated rings. The summed E-state index contributed by atoms with van der Waals surface area (Å²) >= 11 is 0. The summed E-state index contributed by atoms with van der Waals surface area (Å²) in [5.74, 6) is 0.0795. The van der Waals surface area contributed by atoms with Crippen LogP contribution in [0.2, 0.25) is 0 Å². The van der Waals surface area contributed by atoms with Crippen LogP contribution in [0, 0.1) is 27.4 Å². The van der Waals surface area contributed by atoms with Crippen molar-refractivity contribution < 1.29 is 9.72 Å². The molecule has 2 rings (SSSR count). The minimum Gasteiger partial charge on any atom is -0.369 e. The highest BCUT2D eigenvalue weighted by Gasteiger charge is 2.25. The van der Waals surface area contributed by atoms with Gasteiger partial charge in [0.15, 0.2) is 0 Å². The van der Waals surface area contributed by atoms with Crippen LogP contribution in [0.25, 0.3) is 0 Å². The molecule has 0 aliphatic heterocycles. The Morgan fingerprint density at radius 3 is 2.62 bits per heavy atom. The molecule has 0 radical (unpaired) electrons. The molecule has 1 aliphatic carbocycles. The van der Waals surface area contributed by atoms with Gasteiger partial charge in [-0.2, -0.15) is 5.26 Å². The number of carbonyl (C=O) groups excluding carboxylic acids is 1. The Hall–Kier alpha value is -2.69. The van der Waals surface area contributed by atoms with E-state index in [2.05, 4.69) is 10.3 Å². The number of primary amides is 1. The minimum absolute atomic E-state index is 0.0810. The zero-order valence-corrected chi connectivity index (χ0v) is 11.3. The molecule has 110 valence electrons. The van der Waals surface area contributed by atoms with Crippen molar-refractivity contribution in [3.8, 4) is 6.07 Å². The van der Waals surface area contributed by atoms with E-state index in [4.69, 9.17) is 11.0 Å². The first kappa shape index (κ1) is 14.7. The Labute approximate surface area is 121 Å². The molecule has 1 aliphatic rings. The molecule has 1 heterocycles. The Morgan fingerprint density at radius 2 is 2.10 bits per heavy atom. The van der Waals surface area contributed by atoms with E-state index in [0.29, 0.717) is 18.7 Å². The highest BCUT2D eigenvalue weighted by molar-refractivity contribution is 5.76. The monoisotopic (exact) mass is 289 g/mol. The van der Waals surface area contributed by atoms with Crippen molar-refractivity contribution in [1.82, 2.24) is 4.98 Å². The van der Waals surface area contributed by atoms with E-state index in [0.717, 1.165) is 12.8 Å². The van der Waals surface area contributed by atoms with Crippen LogP contribution < -0.4 is 11.1 Å². The molecule has 1 aromatic rings. The van der Waals surface area contributed by atoms with E-state index >= 15 is 0 Å². The number of rotatable bonds is 4. The average Bonchev–Trinajstić information content (AvgIpc) is 2.47. The lowest BCUT2D eigenvalue weighted by molar-refractivity contribution is -0.385. The number of nitrogens with zero attached hydrogens (tertiary/aromatic N) is 3. The Morgan fingerprint density at radius 1 is 1.43 bits per heavy atom. The van der Waals surface area contributed by atoms with Crippen LogP contribution in [-0.2, 0) is 4.79 Å². The fourth-order valence-electron chi connectivity index (χ4n) is 2.49. The number of nitriles is 1. The molecule has 3 N–H and O–H groups in total. The number of amides is 1. The molecule has 8 heteroatoms. The lowest BCUT2D eigenvalue weighted by Crippen LogP contribution is -2.32. The molecule has 1 amide bonds. The quantitative estimate of drug-likeness (QED) is 0.633. The average molecular weight is 289 g/mol. The lowest BCUT2D eigenvalue weighted by Gasteiger charge is -2.27. The SMILES string of the molecule is N#Cc1nc(NC2CCC(C(N)=O)CC2)ccc1[N+](=O)[O-]. The van der Waals surface area contributed by atoms with Crippen molar-refractivity contribution in [2.45, 2.75) is 31.7 Å². The summed E-state index contributed by atoms with van der Waals surface area (Å²) in [4.78, 5) is 25.1. The predicted molar refractivity (Wildman–Crippen MR) is 74.2 cm³/mol. The van der Waals surface area contributed by atoms with Crippen molar-refractivity contribution in [3.63, 3.8) is 0 Å². The van der Waals surface area contributed by atoms with Gasteiger partial charge in [-0.05, 0) is 31.7 Å². The zero-order chi connectivity index (χ0) is 15.4. The number of anilines is 1. The molecule has 21 heavy (non-hydrogen) atoms. The van der Waals surface area contributed by atoms with Crippen LogP contribution in [-0.4, -0.2) is 21.9 Å².